The van der Waals surface area contributed by atoms with Crippen molar-refractivity contribution < 1.29 is 1.43 Å². The van der Waals surface area contributed by atoms with Gasteiger partial charge in [0.25, 0.3) is 0 Å². The molecule has 0 aromatic carbocycles. The number of rotatable bonds is 3. The summed E-state index contributed by atoms with van der Waals surface area (Å²) in [6.45, 7) is 8.17. The second-order valence-corrected chi connectivity index (χ2v) is 4.05. The van der Waals surface area contributed by atoms with Crippen molar-refractivity contribution in [2.75, 3.05) is 26.7 Å². The van der Waals surface area contributed by atoms with Gasteiger partial charge in [-0.1, -0.05) is 13.8 Å². The lowest BCUT2D eigenvalue weighted by Crippen LogP contribution is -2.33. The topological polar surface area (TPSA) is 15.3 Å². The lowest BCUT2D eigenvalue weighted by Gasteiger charge is -2.14. The summed E-state index contributed by atoms with van der Waals surface area (Å²) in [5, 5.41) is 3.57. The van der Waals surface area contributed by atoms with Gasteiger partial charge in [-0.3, -0.25) is 0 Å². The molecule has 0 radical (unpaired) electrons. The largest absolute Gasteiger partial charge is 0.312 e. The van der Waals surface area contributed by atoms with Gasteiger partial charge < -0.3 is 10.2 Å². The standard InChI is InChI=1S/C9H20N2.H2/c1-8(2)6-10-9-4-5-11(3)7-9;/h8-10H,4-7H2,1-3H3;1H/t9-;/m1./s1. The van der Waals surface area contributed by atoms with Crippen LogP contribution in [0.5, 0.6) is 0 Å². The van der Waals surface area contributed by atoms with Gasteiger partial charge in [0.1, 0.15) is 0 Å². The number of likely N-dealkylation sites (N-methyl/N-ethyl adjacent to an activating group) is 1. The quantitative estimate of drug-likeness (QED) is 0.663. The highest BCUT2D eigenvalue weighted by Gasteiger charge is 2.18. The van der Waals surface area contributed by atoms with Gasteiger partial charge in [0.15, 0.2) is 0 Å². The molecule has 0 unspecified atom stereocenters. The summed E-state index contributed by atoms with van der Waals surface area (Å²) in [4.78, 5) is 2.39. The Labute approximate surface area is 71.4 Å². The summed E-state index contributed by atoms with van der Waals surface area (Å²) in [5.74, 6) is 0.779. The first kappa shape index (κ1) is 9.01. The predicted molar refractivity (Wildman–Crippen MR) is 50.9 cm³/mol. The normalized spacial score (nSPS) is 26.7. The molecule has 0 spiro atoms. The van der Waals surface area contributed by atoms with E-state index in [0.29, 0.717) is 0 Å². The van der Waals surface area contributed by atoms with Crippen LogP contribution >= 0.6 is 0 Å². The van der Waals surface area contributed by atoms with E-state index in [0.717, 1.165) is 12.0 Å². The van der Waals surface area contributed by atoms with E-state index < -0.39 is 0 Å². The Bertz CT molecular complexity index is 117. The fraction of sp³-hybridized carbons (Fsp3) is 1.00. The molecule has 1 atom stereocenters. The summed E-state index contributed by atoms with van der Waals surface area (Å²) >= 11 is 0. The number of nitrogens with zero attached hydrogens (tertiary/aromatic N) is 1. The molecule has 11 heavy (non-hydrogen) atoms. The van der Waals surface area contributed by atoms with Crippen LogP contribution in [0.4, 0.5) is 0 Å². The zero-order valence-electron chi connectivity index (χ0n) is 7.93. The predicted octanol–water partition coefficient (Wildman–Crippen LogP) is 1.18. The second kappa shape index (κ2) is 4.07. The van der Waals surface area contributed by atoms with E-state index in [4.69, 9.17) is 0 Å². The van der Waals surface area contributed by atoms with E-state index in [9.17, 15) is 0 Å². The fourth-order valence-corrected chi connectivity index (χ4v) is 1.50. The highest BCUT2D eigenvalue weighted by Crippen LogP contribution is 2.06. The van der Waals surface area contributed by atoms with Gasteiger partial charge in [-0.2, -0.15) is 0 Å². The molecule has 2 nitrogen and oxygen atoms in total. The first-order chi connectivity index (χ1) is 5.18. The highest BCUT2D eigenvalue weighted by molar-refractivity contribution is 4.78. The summed E-state index contributed by atoms with van der Waals surface area (Å²) in [6.07, 6.45) is 1.32. The van der Waals surface area contributed by atoms with Crippen molar-refractivity contribution in [1.82, 2.24) is 10.2 Å². The molecular weight excluding hydrogens is 136 g/mol. The Kier molecular flexibility index (Phi) is 3.34. The number of likely N-dealkylation sites (tertiary alicyclic amines) is 1. The van der Waals surface area contributed by atoms with Crippen LogP contribution in [0.15, 0.2) is 0 Å². The smallest absolute Gasteiger partial charge is 0.0207 e. The van der Waals surface area contributed by atoms with E-state index in [2.05, 4.69) is 31.1 Å². The van der Waals surface area contributed by atoms with Crippen molar-refractivity contribution in [3.8, 4) is 0 Å². The summed E-state index contributed by atoms with van der Waals surface area (Å²) in [5.41, 5.74) is 0. The Morgan fingerprint density at radius 2 is 2.36 bits per heavy atom. The third kappa shape index (κ3) is 3.21. The van der Waals surface area contributed by atoms with Gasteiger partial charge in [0.05, 0.1) is 0 Å². The van der Waals surface area contributed by atoms with Gasteiger partial charge in [0.2, 0.25) is 0 Å². The number of nitrogens with one attached hydrogen (secondary N) is 1. The van der Waals surface area contributed by atoms with Gasteiger partial charge in [-0.25, -0.2) is 0 Å². The molecule has 2 heteroatoms. The van der Waals surface area contributed by atoms with Crippen LogP contribution in [0.2, 0.25) is 0 Å². The Morgan fingerprint density at radius 1 is 1.64 bits per heavy atom. The van der Waals surface area contributed by atoms with Crippen LogP contribution in [-0.2, 0) is 0 Å². The fourth-order valence-electron chi connectivity index (χ4n) is 1.50. The first-order valence-corrected chi connectivity index (χ1v) is 4.60. The van der Waals surface area contributed by atoms with Crippen molar-refractivity contribution >= 4 is 0 Å². The van der Waals surface area contributed by atoms with Gasteiger partial charge in [-0.15, -0.1) is 0 Å². The average molecular weight is 158 g/mol. The third-order valence-corrected chi connectivity index (χ3v) is 2.21. The van der Waals surface area contributed by atoms with Crippen LogP contribution in [0, 0.1) is 5.92 Å². The van der Waals surface area contributed by atoms with E-state index in [1.807, 2.05) is 0 Å². The lowest BCUT2D eigenvalue weighted by atomic mass is 10.2. The van der Waals surface area contributed by atoms with Gasteiger partial charge in [0, 0.05) is 14.0 Å². The number of hydrogen-bond acceptors (Lipinski definition) is 2. The van der Waals surface area contributed by atoms with Crippen LogP contribution in [-0.4, -0.2) is 37.6 Å². The lowest BCUT2D eigenvalue weighted by molar-refractivity contribution is 0.391. The zero-order chi connectivity index (χ0) is 8.27. The van der Waals surface area contributed by atoms with Crippen molar-refractivity contribution in [3.05, 3.63) is 0 Å². The number of hydrogen-bond donors (Lipinski definition) is 1. The molecule has 0 aromatic heterocycles. The molecular formula is C9H22N2. The van der Waals surface area contributed by atoms with E-state index in [1.54, 1.807) is 0 Å². The van der Waals surface area contributed by atoms with Crippen LogP contribution in [0.1, 0.15) is 21.7 Å². The summed E-state index contributed by atoms with van der Waals surface area (Å²) < 4.78 is 0. The monoisotopic (exact) mass is 158 g/mol. The second-order valence-electron chi connectivity index (χ2n) is 4.05. The SMILES string of the molecule is CC(C)CN[C@@H]1CCN(C)C1.[HH]. The zero-order valence-corrected chi connectivity index (χ0v) is 7.93. The Morgan fingerprint density at radius 3 is 2.82 bits per heavy atom. The molecule has 0 bridgehead atoms. The van der Waals surface area contributed by atoms with Crippen LogP contribution < -0.4 is 5.32 Å². The maximum absolute atomic E-state index is 3.57. The molecule has 1 N–H and O–H groups in total. The molecule has 1 heterocycles. The van der Waals surface area contributed by atoms with E-state index in [-0.39, 0.29) is 1.43 Å². The molecule has 1 rings (SSSR count). The summed E-state index contributed by atoms with van der Waals surface area (Å²) in [6, 6.07) is 0.752. The molecule has 0 saturated carbocycles. The average Bonchev–Trinajstić information content (AvgIpc) is 2.31. The van der Waals surface area contributed by atoms with Crippen molar-refractivity contribution in [3.63, 3.8) is 0 Å². The van der Waals surface area contributed by atoms with Gasteiger partial charge >= 0.3 is 0 Å². The van der Waals surface area contributed by atoms with Crippen LogP contribution in [0.3, 0.4) is 0 Å². The maximum atomic E-state index is 3.57. The molecule has 1 saturated heterocycles. The maximum Gasteiger partial charge on any atom is 0.0207 e. The van der Waals surface area contributed by atoms with Gasteiger partial charge in [-0.05, 0) is 32.5 Å². The molecule has 1 aliphatic heterocycles. The minimum Gasteiger partial charge on any atom is -0.312 e. The molecule has 1 aliphatic rings. The highest BCUT2D eigenvalue weighted by atomic mass is 15.2. The summed E-state index contributed by atoms with van der Waals surface area (Å²) in [7, 11) is 2.19. The van der Waals surface area contributed by atoms with Crippen molar-refractivity contribution in [2.45, 2.75) is 26.3 Å². The van der Waals surface area contributed by atoms with Crippen molar-refractivity contribution in [2.24, 2.45) is 5.92 Å². The Balaban J connectivity index is 0.00000121. The van der Waals surface area contributed by atoms with Crippen molar-refractivity contribution in [1.29, 1.82) is 0 Å². The third-order valence-electron chi connectivity index (χ3n) is 2.21. The molecule has 0 aliphatic carbocycles. The molecule has 0 amide bonds. The van der Waals surface area contributed by atoms with E-state index >= 15 is 0 Å². The van der Waals surface area contributed by atoms with E-state index in [1.165, 1.54) is 26.1 Å². The molecule has 0 aromatic rings. The first-order valence-electron chi connectivity index (χ1n) is 4.60. The molecule has 1 fully saturated rings. The minimum absolute atomic E-state index is 0. The minimum atomic E-state index is 0. The van der Waals surface area contributed by atoms with Crippen LogP contribution in [0.25, 0.3) is 0 Å². The Hall–Kier alpha value is -0.0800. The molecule has 68 valence electrons.